The zero-order valence-electron chi connectivity index (χ0n) is 12.5. The summed E-state index contributed by atoms with van der Waals surface area (Å²) >= 11 is 6.48. The van der Waals surface area contributed by atoms with Crippen molar-refractivity contribution in [1.82, 2.24) is 0 Å². The van der Waals surface area contributed by atoms with Crippen molar-refractivity contribution >= 4 is 11.6 Å². The van der Waals surface area contributed by atoms with E-state index in [0.29, 0.717) is 11.3 Å². The van der Waals surface area contributed by atoms with E-state index in [9.17, 15) is 0 Å². The third kappa shape index (κ3) is 5.02. The molecule has 102 valence electrons. The van der Waals surface area contributed by atoms with E-state index in [0.717, 1.165) is 12.8 Å². The van der Waals surface area contributed by atoms with Crippen LogP contribution in [-0.2, 0) is 0 Å². The molecule has 0 nitrogen and oxygen atoms in total. The lowest BCUT2D eigenvalue weighted by Gasteiger charge is -2.20. The first-order valence-corrected chi connectivity index (χ1v) is 7.51. The Morgan fingerprint density at radius 1 is 1.06 bits per heavy atom. The summed E-state index contributed by atoms with van der Waals surface area (Å²) in [5.74, 6) is 0.641. The van der Waals surface area contributed by atoms with Gasteiger partial charge in [0.15, 0.2) is 0 Å². The van der Waals surface area contributed by atoms with Gasteiger partial charge in [-0.3, -0.25) is 0 Å². The second kappa shape index (κ2) is 6.61. The standard InChI is InChI=1S/C17H27Cl/c1-6-13(2)14-7-9-15(10-8-14)16(18)11-12-17(3,4)5/h7-10,13,16H,6,11-12H2,1-5H3. The van der Waals surface area contributed by atoms with Crippen molar-refractivity contribution in [2.75, 3.05) is 0 Å². The van der Waals surface area contributed by atoms with Gasteiger partial charge in [-0.2, -0.15) is 0 Å². The van der Waals surface area contributed by atoms with Crippen LogP contribution in [0.5, 0.6) is 0 Å². The summed E-state index contributed by atoms with van der Waals surface area (Å²) in [6.45, 7) is 11.3. The molecule has 0 fully saturated rings. The fourth-order valence-corrected chi connectivity index (χ4v) is 2.25. The molecule has 1 aromatic rings. The van der Waals surface area contributed by atoms with E-state index in [2.05, 4.69) is 58.9 Å². The van der Waals surface area contributed by atoms with E-state index < -0.39 is 0 Å². The lowest BCUT2D eigenvalue weighted by molar-refractivity contribution is 0.363. The van der Waals surface area contributed by atoms with Gasteiger partial charge in [-0.05, 0) is 41.7 Å². The molecule has 2 atom stereocenters. The average molecular weight is 267 g/mol. The molecule has 0 saturated heterocycles. The molecule has 0 amide bonds. The molecule has 2 unspecified atom stereocenters. The van der Waals surface area contributed by atoms with Crippen molar-refractivity contribution in [2.45, 2.75) is 65.2 Å². The van der Waals surface area contributed by atoms with Crippen LogP contribution in [-0.4, -0.2) is 0 Å². The summed E-state index contributed by atoms with van der Waals surface area (Å²) in [5.41, 5.74) is 3.04. The normalized spacial score (nSPS) is 15.4. The summed E-state index contributed by atoms with van der Waals surface area (Å²) in [4.78, 5) is 0. The molecule has 0 aliphatic rings. The van der Waals surface area contributed by atoms with Gasteiger partial charge in [0.2, 0.25) is 0 Å². The summed E-state index contributed by atoms with van der Waals surface area (Å²) in [6, 6.07) is 8.86. The van der Waals surface area contributed by atoms with Crippen LogP contribution in [0, 0.1) is 5.41 Å². The van der Waals surface area contributed by atoms with Crippen LogP contribution in [0.15, 0.2) is 24.3 Å². The number of benzene rings is 1. The van der Waals surface area contributed by atoms with Gasteiger partial charge in [-0.1, -0.05) is 58.9 Å². The Morgan fingerprint density at radius 3 is 2.00 bits per heavy atom. The third-order valence-electron chi connectivity index (χ3n) is 3.63. The summed E-state index contributed by atoms with van der Waals surface area (Å²) in [6.07, 6.45) is 3.40. The zero-order chi connectivity index (χ0) is 13.8. The molecule has 1 heteroatoms. The van der Waals surface area contributed by atoms with Crippen LogP contribution in [0.25, 0.3) is 0 Å². The Hall–Kier alpha value is -0.490. The van der Waals surface area contributed by atoms with Gasteiger partial charge < -0.3 is 0 Å². The number of hydrogen-bond donors (Lipinski definition) is 0. The molecule has 0 spiro atoms. The van der Waals surface area contributed by atoms with Crippen LogP contribution in [0.1, 0.15) is 76.3 Å². The minimum Gasteiger partial charge on any atom is -0.118 e. The highest BCUT2D eigenvalue weighted by atomic mass is 35.5. The molecule has 0 saturated carbocycles. The fourth-order valence-electron chi connectivity index (χ4n) is 2.00. The molecule has 0 radical (unpaired) electrons. The van der Waals surface area contributed by atoms with Gasteiger partial charge in [0, 0.05) is 0 Å². The predicted molar refractivity (Wildman–Crippen MR) is 82.4 cm³/mol. The van der Waals surface area contributed by atoms with Crippen LogP contribution in [0.3, 0.4) is 0 Å². The molecule has 0 aromatic heterocycles. The van der Waals surface area contributed by atoms with E-state index in [1.165, 1.54) is 17.5 Å². The van der Waals surface area contributed by atoms with Gasteiger partial charge in [0.25, 0.3) is 0 Å². The first kappa shape index (κ1) is 15.6. The molecule has 0 heterocycles. The zero-order valence-corrected chi connectivity index (χ0v) is 13.2. The lowest BCUT2D eigenvalue weighted by atomic mass is 9.88. The summed E-state index contributed by atoms with van der Waals surface area (Å²) < 4.78 is 0. The van der Waals surface area contributed by atoms with Gasteiger partial charge in [-0.15, -0.1) is 11.6 Å². The largest absolute Gasteiger partial charge is 0.118 e. The van der Waals surface area contributed by atoms with Crippen molar-refractivity contribution in [3.63, 3.8) is 0 Å². The molecular weight excluding hydrogens is 240 g/mol. The SMILES string of the molecule is CCC(C)c1ccc(C(Cl)CCC(C)(C)C)cc1. The minimum absolute atomic E-state index is 0.148. The first-order chi connectivity index (χ1) is 8.33. The van der Waals surface area contributed by atoms with E-state index >= 15 is 0 Å². The maximum absolute atomic E-state index is 6.48. The van der Waals surface area contributed by atoms with E-state index in [1.54, 1.807) is 0 Å². The Labute approximate surface area is 118 Å². The predicted octanol–water partition coefficient (Wildman–Crippen LogP) is 6.31. The highest BCUT2D eigenvalue weighted by Gasteiger charge is 2.15. The highest BCUT2D eigenvalue weighted by molar-refractivity contribution is 6.20. The molecule has 0 bridgehead atoms. The Morgan fingerprint density at radius 2 is 1.56 bits per heavy atom. The lowest BCUT2D eigenvalue weighted by Crippen LogP contribution is -2.06. The maximum atomic E-state index is 6.48. The van der Waals surface area contributed by atoms with Gasteiger partial charge in [0.05, 0.1) is 5.38 Å². The topological polar surface area (TPSA) is 0 Å². The van der Waals surface area contributed by atoms with E-state index in [4.69, 9.17) is 11.6 Å². The van der Waals surface area contributed by atoms with Crippen LogP contribution >= 0.6 is 11.6 Å². The Balaban J connectivity index is 2.62. The number of hydrogen-bond acceptors (Lipinski definition) is 0. The first-order valence-electron chi connectivity index (χ1n) is 7.07. The highest BCUT2D eigenvalue weighted by Crippen LogP contribution is 2.32. The molecular formula is C17H27Cl. The number of alkyl halides is 1. The smallest absolute Gasteiger partial charge is 0.0585 e. The van der Waals surface area contributed by atoms with Gasteiger partial charge in [-0.25, -0.2) is 0 Å². The number of halogens is 1. The van der Waals surface area contributed by atoms with Crippen LogP contribution in [0.4, 0.5) is 0 Å². The summed E-state index contributed by atoms with van der Waals surface area (Å²) in [7, 11) is 0. The quantitative estimate of drug-likeness (QED) is 0.548. The van der Waals surface area contributed by atoms with Crippen molar-refractivity contribution in [1.29, 1.82) is 0 Å². The fraction of sp³-hybridized carbons (Fsp3) is 0.647. The third-order valence-corrected chi connectivity index (χ3v) is 4.10. The molecule has 1 rings (SSSR count). The van der Waals surface area contributed by atoms with Crippen LogP contribution < -0.4 is 0 Å². The van der Waals surface area contributed by atoms with E-state index in [1.807, 2.05) is 0 Å². The van der Waals surface area contributed by atoms with Crippen molar-refractivity contribution in [3.8, 4) is 0 Å². The average Bonchev–Trinajstić information content (AvgIpc) is 2.34. The van der Waals surface area contributed by atoms with Crippen molar-refractivity contribution in [2.24, 2.45) is 5.41 Å². The molecule has 18 heavy (non-hydrogen) atoms. The second-order valence-electron chi connectivity index (χ2n) is 6.54. The van der Waals surface area contributed by atoms with Gasteiger partial charge in [0.1, 0.15) is 0 Å². The maximum Gasteiger partial charge on any atom is 0.0585 e. The molecule has 0 N–H and O–H groups in total. The molecule has 0 aliphatic carbocycles. The van der Waals surface area contributed by atoms with Crippen molar-refractivity contribution in [3.05, 3.63) is 35.4 Å². The Kier molecular flexibility index (Phi) is 5.72. The van der Waals surface area contributed by atoms with E-state index in [-0.39, 0.29) is 5.38 Å². The summed E-state index contributed by atoms with van der Waals surface area (Å²) in [5, 5.41) is 0.148. The van der Waals surface area contributed by atoms with Gasteiger partial charge >= 0.3 is 0 Å². The molecule has 0 aliphatic heterocycles. The monoisotopic (exact) mass is 266 g/mol. The van der Waals surface area contributed by atoms with Crippen molar-refractivity contribution < 1.29 is 0 Å². The Bertz CT molecular complexity index is 345. The molecule has 1 aromatic carbocycles. The van der Waals surface area contributed by atoms with Crippen LogP contribution in [0.2, 0.25) is 0 Å². The number of rotatable bonds is 5. The minimum atomic E-state index is 0.148. The second-order valence-corrected chi connectivity index (χ2v) is 7.07.